The van der Waals surface area contributed by atoms with Crippen molar-refractivity contribution in [2.75, 3.05) is 7.11 Å². The number of halogens is 1. The number of carbonyl (C=O) groups is 1. The molecule has 0 aliphatic rings. The van der Waals surface area contributed by atoms with Crippen LogP contribution in [-0.2, 0) is 11.3 Å². The van der Waals surface area contributed by atoms with E-state index in [2.05, 4.69) is 0 Å². The molecule has 0 unspecified atom stereocenters. The molecule has 0 aromatic carbocycles. The first kappa shape index (κ1) is 8.30. The van der Waals surface area contributed by atoms with E-state index < -0.39 is 5.24 Å². The van der Waals surface area contributed by atoms with Crippen molar-refractivity contribution in [1.29, 1.82) is 0 Å². The van der Waals surface area contributed by atoms with Crippen LogP contribution in [0.2, 0.25) is 0 Å². The molecule has 0 atom stereocenters. The minimum absolute atomic E-state index is 0.351. The average Bonchev–Trinajstić information content (AvgIpc) is 2.37. The van der Waals surface area contributed by atoms with Gasteiger partial charge in [-0.05, 0) is 17.7 Å². The lowest BCUT2D eigenvalue weighted by molar-refractivity contribution is 0.108. The predicted molar refractivity (Wildman–Crippen MR) is 39.6 cm³/mol. The molecule has 0 bridgehead atoms. The Kier molecular flexibility index (Phi) is 2.68. The van der Waals surface area contributed by atoms with Crippen molar-refractivity contribution in [1.82, 2.24) is 0 Å². The van der Waals surface area contributed by atoms with E-state index in [9.17, 15) is 4.79 Å². The summed E-state index contributed by atoms with van der Waals surface area (Å²) in [7, 11) is 1.55. The number of furan rings is 1. The zero-order valence-corrected chi connectivity index (χ0v) is 6.72. The second-order valence-electron chi connectivity index (χ2n) is 2.01. The Labute approximate surface area is 68.9 Å². The molecule has 0 amide bonds. The van der Waals surface area contributed by atoms with Crippen molar-refractivity contribution < 1.29 is 13.9 Å². The highest BCUT2D eigenvalue weighted by Crippen LogP contribution is 2.10. The van der Waals surface area contributed by atoms with Crippen LogP contribution >= 0.6 is 11.6 Å². The van der Waals surface area contributed by atoms with Gasteiger partial charge in [0.1, 0.15) is 18.6 Å². The first-order valence-corrected chi connectivity index (χ1v) is 3.38. The van der Waals surface area contributed by atoms with Gasteiger partial charge in [0.15, 0.2) is 0 Å². The van der Waals surface area contributed by atoms with Gasteiger partial charge in [0, 0.05) is 7.11 Å². The van der Waals surface area contributed by atoms with Crippen LogP contribution in [0.4, 0.5) is 0 Å². The van der Waals surface area contributed by atoms with Crippen LogP contribution in [-0.4, -0.2) is 12.4 Å². The first-order valence-electron chi connectivity index (χ1n) is 3.00. The first-order chi connectivity index (χ1) is 5.24. The fourth-order valence-corrected chi connectivity index (χ4v) is 0.801. The van der Waals surface area contributed by atoms with Crippen LogP contribution in [0, 0.1) is 0 Å². The van der Waals surface area contributed by atoms with E-state index >= 15 is 0 Å². The minimum atomic E-state index is -0.517. The zero-order valence-electron chi connectivity index (χ0n) is 5.96. The molecule has 0 aliphatic carbocycles. The molecule has 3 nitrogen and oxygen atoms in total. The number of carbonyl (C=O) groups excluding carboxylic acids is 1. The van der Waals surface area contributed by atoms with Gasteiger partial charge in [-0.1, -0.05) is 0 Å². The Hall–Kier alpha value is -0.800. The van der Waals surface area contributed by atoms with Crippen LogP contribution in [0.15, 0.2) is 16.7 Å². The van der Waals surface area contributed by atoms with Crippen LogP contribution in [0.25, 0.3) is 0 Å². The molecule has 1 rings (SSSR count). The largest absolute Gasteiger partial charge is 0.466 e. The van der Waals surface area contributed by atoms with Crippen molar-refractivity contribution in [3.8, 4) is 0 Å². The van der Waals surface area contributed by atoms with Gasteiger partial charge < -0.3 is 9.15 Å². The molecule has 0 saturated carbocycles. The summed E-state index contributed by atoms with van der Waals surface area (Å²) >= 11 is 5.18. The fraction of sp³-hybridized carbons (Fsp3) is 0.286. The van der Waals surface area contributed by atoms with E-state index in [0.717, 1.165) is 0 Å². The molecule has 1 aromatic heterocycles. The number of ether oxygens (including phenoxy) is 1. The van der Waals surface area contributed by atoms with Gasteiger partial charge in [0.2, 0.25) is 0 Å². The lowest BCUT2D eigenvalue weighted by Gasteiger charge is -1.89. The Morgan fingerprint density at radius 3 is 3.00 bits per heavy atom. The van der Waals surface area contributed by atoms with Gasteiger partial charge in [-0.25, -0.2) is 0 Å². The molecule has 0 spiro atoms. The predicted octanol–water partition coefficient (Wildman–Crippen LogP) is 1.81. The third-order valence-corrected chi connectivity index (χ3v) is 1.39. The van der Waals surface area contributed by atoms with E-state index in [1.54, 1.807) is 13.2 Å². The van der Waals surface area contributed by atoms with Crippen molar-refractivity contribution in [3.05, 3.63) is 23.7 Å². The summed E-state index contributed by atoms with van der Waals surface area (Å²) in [6.07, 6.45) is 1.31. The van der Waals surface area contributed by atoms with E-state index in [-0.39, 0.29) is 0 Å². The molecule has 0 radical (unpaired) electrons. The zero-order chi connectivity index (χ0) is 8.27. The molecule has 0 N–H and O–H groups in total. The molecule has 11 heavy (non-hydrogen) atoms. The molecular weight excluding hydrogens is 168 g/mol. The Bertz CT molecular complexity index is 254. The van der Waals surface area contributed by atoms with Crippen molar-refractivity contribution in [2.24, 2.45) is 0 Å². The van der Waals surface area contributed by atoms with E-state index in [0.29, 0.717) is 17.9 Å². The number of hydrogen-bond acceptors (Lipinski definition) is 3. The summed E-state index contributed by atoms with van der Waals surface area (Å²) in [6, 6.07) is 1.55. The van der Waals surface area contributed by atoms with Crippen LogP contribution in [0.3, 0.4) is 0 Å². The van der Waals surface area contributed by atoms with Crippen molar-refractivity contribution in [3.63, 3.8) is 0 Å². The van der Waals surface area contributed by atoms with Gasteiger partial charge in [0.05, 0.1) is 5.56 Å². The molecule has 0 saturated heterocycles. The summed E-state index contributed by atoms with van der Waals surface area (Å²) in [5.74, 6) is 0.594. The normalized spacial score (nSPS) is 10.0. The number of methoxy groups -OCH3 is 1. The summed E-state index contributed by atoms with van der Waals surface area (Å²) < 4.78 is 9.71. The third kappa shape index (κ3) is 2.06. The summed E-state index contributed by atoms with van der Waals surface area (Å²) in [6.45, 7) is 0.351. The summed E-state index contributed by atoms with van der Waals surface area (Å²) in [4.78, 5) is 10.5. The maximum atomic E-state index is 10.5. The van der Waals surface area contributed by atoms with E-state index in [4.69, 9.17) is 20.8 Å². The van der Waals surface area contributed by atoms with Crippen molar-refractivity contribution >= 4 is 16.8 Å². The highest BCUT2D eigenvalue weighted by Gasteiger charge is 2.06. The fourth-order valence-electron chi connectivity index (χ4n) is 0.702. The lowest BCUT2D eigenvalue weighted by Crippen LogP contribution is -1.84. The molecule has 60 valence electrons. The van der Waals surface area contributed by atoms with Crippen molar-refractivity contribution in [2.45, 2.75) is 6.61 Å². The molecule has 0 aliphatic heterocycles. The van der Waals surface area contributed by atoms with Crippen LogP contribution in [0.1, 0.15) is 16.1 Å². The Balaban J connectivity index is 2.73. The van der Waals surface area contributed by atoms with E-state index in [1.807, 2.05) is 0 Å². The van der Waals surface area contributed by atoms with Gasteiger partial charge >= 0.3 is 0 Å². The smallest absolute Gasteiger partial charge is 0.255 e. The molecule has 4 heteroatoms. The molecule has 1 aromatic rings. The van der Waals surface area contributed by atoms with Crippen LogP contribution in [0.5, 0.6) is 0 Å². The van der Waals surface area contributed by atoms with Gasteiger partial charge in [0.25, 0.3) is 5.24 Å². The highest BCUT2D eigenvalue weighted by atomic mass is 35.5. The second-order valence-corrected chi connectivity index (χ2v) is 2.35. The maximum absolute atomic E-state index is 10.5. The monoisotopic (exact) mass is 174 g/mol. The van der Waals surface area contributed by atoms with Gasteiger partial charge in [-0.2, -0.15) is 0 Å². The number of rotatable bonds is 3. The highest BCUT2D eigenvalue weighted by molar-refractivity contribution is 6.67. The summed E-state index contributed by atoms with van der Waals surface area (Å²) in [5.41, 5.74) is 0.360. The van der Waals surface area contributed by atoms with Crippen LogP contribution < -0.4 is 0 Å². The maximum Gasteiger partial charge on any atom is 0.255 e. The quantitative estimate of drug-likeness (QED) is 0.656. The SMILES string of the molecule is COCc1cc(C(=O)Cl)co1. The van der Waals surface area contributed by atoms with Gasteiger partial charge in [-0.3, -0.25) is 4.79 Å². The topological polar surface area (TPSA) is 39.4 Å². The third-order valence-electron chi connectivity index (χ3n) is 1.17. The average molecular weight is 175 g/mol. The lowest BCUT2D eigenvalue weighted by atomic mass is 10.3. The Morgan fingerprint density at radius 2 is 2.55 bits per heavy atom. The van der Waals surface area contributed by atoms with Gasteiger partial charge in [-0.15, -0.1) is 0 Å². The summed E-state index contributed by atoms with van der Waals surface area (Å²) in [5, 5.41) is -0.517. The molecular formula is C7H7ClO3. The second kappa shape index (κ2) is 3.55. The minimum Gasteiger partial charge on any atom is -0.466 e. The van der Waals surface area contributed by atoms with E-state index in [1.165, 1.54) is 6.26 Å². The molecule has 0 fully saturated rings. The molecule has 1 heterocycles. The number of hydrogen-bond donors (Lipinski definition) is 0. The Morgan fingerprint density at radius 1 is 1.82 bits per heavy atom. The standard InChI is InChI=1S/C7H7ClO3/c1-10-4-6-2-5(3-11-6)7(8)9/h2-3H,4H2,1H3.